The Morgan fingerprint density at radius 3 is 3.05 bits per heavy atom. The number of nitrogens with one attached hydrogen (secondary N) is 1. The first-order valence-corrected chi connectivity index (χ1v) is 7.72. The van der Waals surface area contributed by atoms with Crippen LogP contribution < -0.4 is 16.0 Å². The van der Waals surface area contributed by atoms with Crippen LogP contribution >= 0.6 is 11.5 Å². The van der Waals surface area contributed by atoms with E-state index in [9.17, 15) is 4.79 Å². The number of hydrogen-bond donors (Lipinski definition) is 2. The third-order valence-corrected chi connectivity index (χ3v) is 4.21. The lowest BCUT2D eigenvalue weighted by Crippen LogP contribution is -2.45. The van der Waals surface area contributed by atoms with E-state index in [1.165, 1.54) is 11.5 Å². The molecule has 1 unspecified atom stereocenters. The Labute approximate surface area is 123 Å². The smallest absolute Gasteiger partial charge is 0.258 e. The fraction of sp³-hybridized carbons (Fsp3) is 0.692. The monoisotopic (exact) mass is 298 g/mol. The maximum atomic E-state index is 12.3. The summed E-state index contributed by atoms with van der Waals surface area (Å²) in [4.78, 5) is 14.5. The van der Waals surface area contributed by atoms with E-state index in [1.54, 1.807) is 0 Å². The molecular weight excluding hydrogens is 276 g/mol. The minimum Gasteiger partial charge on any atom is -0.382 e. The summed E-state index contributed by atoms with van der Waals surface area (Å²) in [5, 5.41) is 3.75. The number of nitrogens with zero attached hydrogens (tertiary/aromatic N) is 2. The molecule has 1 amide bonds. The summed E-state index contributed by atoms with van der Waals surface area (Å²) < 4.78 is 9.67. The zero-order valence-corrected chi connectivity index (χ0v) is 13.0. The maximum absolute atomic E-state index is 12.3. The van der Waals surface area contributed by atoms with Crippen LogP contribution in [0.2, 0.25) is 0 Å². The number of carbonyl (C=O) groups excluding carboxylic acids is 1. The number of morpholine rings is 1. The number of anilines is 2. The number of rotatable bonds is 4. The van der Waals surface area contributed by atoms with Crippen molar-refractivity contribution < 1.29 is 9.53 Å². The van der Waals surface area contributed by atoms with Crippen LogP contribution in [-0.2, 0) is 4.74 Å². The summed E-state index contributed by atoms with van der Waals surface area (Å²) in [6.07, 6.45) is 0.961. The zero-order chi connectivity index (χ0) is 14.7. The highest BCUT2D eigenvalue weighted by Gasteiger charge is 2.29. The molecule has 1 fully saturated rings. The number of nitrogen functional groups attached to an aromatic ring is 1. The van der Waals surface area contributed by atoms with E-state index in [0.29, 0.717) is 24.6 Å². The molecule has 20 heavy (non-hydrogen) atoms. The molecular formula is C13H22N4O2S. The van der Waals surface area contributed by atoms with Crippen LogP contribution in [0.4, 0.5) is 10.8 Å². The molecule has 0 saturated carbocycles. The van der Waals surface area contributed by atoms with Crippen LogP contribution in [0.3, 0.4) is 0 Å². The molecule has 1 atom stereocenters. The van der Waals surface area contributed by atoms with Gasteiger partial charge in [0.2, 0.25) is 0 Å². The zero-order valence-electron chi connectivity index (χ0n) is 12.2. The van der Waals surface area contributed by atoms with Crippen molar-refractivity contribution in [1.29, 1.82) is 0 Å². The van der Waals surface area contributed by atoms with Crippen LogP contribution in [0, 0.1) is 0 Å². The molecule has 1 aliphatic heterocycles. The van der Waals surface area contributed by atoms with E-state index in [-0.39, 0.29) is 18.0 Å². The molecule has 1 aliphatic rings. The predicted octanol–water partition coefficient (Wildman–Crippen LogP) is 1.48. The minimum absolute atomic E-state index is 0.0707. The van der Waals surface area contributed by atoms with Crippen molar-refractivity contribution in [3.05, 3.63) is 5.56 Å². The van der Waals surface area contributed by atoms with Gasteiger partial charge in [-0.2, -0.15) is 4.37 Å². The van der Waals surface area contributed by atoms with E-state index in [0.717, 1.165) is 18.0 Å². The number of hydrogen-bond acceptors (Lipinski definition) is 6. The third-order valence-electron chi connectivity index (χ3n) is 3.31. The number of carbonyl (C=O) groups is 1. The van der Waals surface area contributed by atoms with Crippen molar-refractivity contribution in [2.45, 2.75) is 39.3 Å². The lowest BCUT2D eigenvalue weighted by molar-refractivity contribution is 0.0913. The lowest BCUT2D eigenvalue weighted by Gasteiger charge is -2.36. The van der Waals surface area contributed by atoms with Gasteiger partial charge in [-0.3, -0.25) is 4.79 Å². The number of aromatic nitrogens is 1. The average Bonchev–Trinajstić information content (AvgIpc) is 2.79. The van der Waals surface area contributed by atoms with Gasteiger partial charge in [0.05, 0.1) is 19.3 Å². The standard InChI is InChI=1S/C13H22N4O2S/c1-4-9-7-19-6-5-17(9)13-10(11(14)16-20-13)12(18)15-8(2)3/h8-9H,4-7H2,1-3H3,(H2,14,16)(H,15,18). The second kappa shape index (κ2) is 6.41. The molecule has 2 rings (SSSR count). The van der Waals surface area contributed by atoms with Crippen molar-refractivity contribution >= 4 is 28.3 Å². The van der Waals surface area contributed by atoms with Crippen molar-refractivity contribution in [2.24, 2.45) is 0 Å². The van der Waals surface area contributed by atoms with Crippen LogP contribution in [0.1, 0.15) is 37.6 Å². The Bertz CT molecular complexity index is 475. The molecule has 3 N–H and O–H groups in total. The first kappa shape index (κ1) is 15.1. The first-order chi connectivity index (χ1) is 9.54. The molecule has 6 nitrogen and oxygen atoms in total. The topological polar surface area (TPSA) is 80.5 Å². The van der Waals surface area contributed by atoms with Gasteiger partial charge >= 0.3 is 0 Å². The summed E-state index contributed by atoms with van der Waals surface area (Å²) in [5.74, 6) is 0.159. The van der Waals surface area contributed by atoms with Gasteiger partial charge in [-0.15, -0.1) is 0 Å². The molecule has 0 radical (unpaired) electrons. The van der Waals surface area contributed by atoms with E-state index < -0.39 is 0 Å². The predicted molar refractivity (Wildman–Crippen MR) is 81.4 cm³/mol. The highest BCUT2D eigenvalue weighted by molar-refractivity contribution is 7.11. The Hall–Kier alpha value is -1.34. The normalized spacial score (nSPS) is 19.4. The van der Waals surface area contributed by atoms with E-state index >= 15 is 0 Å². The van der Waals surface area contributed by atoms with Crippen LogP contribution in [0.15, 0.2) is 0 Å². The summed E-state index contributed by atoms with van der Waals surface area (Å²) >= 11 is 1.29. The van der Waals surface area contributed by atoms with Crippen LogP contribution in [-0.4, -0.2) is 42.1 Å². The molecule has 0 spiro atoms. The fourth-order valence-electron chi connectivity index (χ4n) is 2.30. The van der Waals surface area contributed by atoms with Gasteiger partial charge in [-0.05, 0) is 31.8 Å². The lowest BCUT2D eigenvalue weighted by atomic mass is 10.1. The largest absolute Gasteiger partial charge is 0.382 e. The van der Waals surface area contributed by atoms with Crippen molar-refractivity contribution in [1.82, 2.24) is 9.69 Å². The molecule has 1 aromatic heterocycles. The maximum Gasteiger partial charge on any atom is 0.258 e. The first-order valence-electron chi connectivity index (χ1n) is 6.95. The van der Waals surface area contributed by atoms with Gasteiger partial charge < -0.3 is 20.7 Å². The molecule has 0 bridgehead atoms. The fourth-order valence-corrected chi connectivity index (χ4v) is 3.21. The molecule has 2 heterocycles. The number of nitrogens with two attached hydrogens (primary N) is 1. The van der Waals surface area contributed by atoms with Crippen LogP contribution in [0.5, 0.6) is 0 Å². The Kier molecular flexibility index (Phi) is 4.82. The second-order valence-electron chi connectivity index (χ2n) is 5.21. The SMILES string of the molecule is CCC1COCCN1c1snc(N)c1C(=O)NC(C)C. The van der Waals surface area contributed by atoms with Gasteiger partial charge in [-0.1, -0.05) is 6.92 Å². The number of ether oxygens (including phenoxy) is 1. The van der Waals surface area contributed by atoms with Crippen molar-refractivity contribution in [2.75, 3.05) is 30.4 Å². The van der Waals surface area contributed by atoms with E-state index in [2.05, 4.69) is 21.5 Å². The highest BCUT2D eigenvalue weighted by atomic mass is 32.1. The summed E-state index contributed by atoms with van der Waals surface area (Å²) in [7, 11) is 0. The molecule has 1 saturated heterocycles. The van der Waals surface area contributed by atoms with Gasteiger partial charge in [0.1, 0.15) is 10.6 Å². The summed E-state index contributed by atoms with van der Waals surface area (Å²) in [5.41, 5.74) is 6.40. The Balaban J connectivity index is 2.29. The Morgan fingerprint density at radius 1 is 1.65 bits per heavy atom. The second-order valence-corrected chi connectivity index (χ2v) is 5.96. The van der Waals surface area contributed by atoms with Crippen LogP contribution in [0.25, 0.3) is 0 Å². The molecule has 0 aliphatic carbocycles. The highest BCUT2D eigenvalue weighted by Crippen LogP contribution is 2.33. The molecule has 1 aromatic rings. The summed E-state index contributed by atoms with van der Waals surface area (Å²) in [6, 6.07) is 0.343. The van der Waals surface area contributed by atoms with Gasteiger partial charge in [0, 0.05) is 12.6 Å². The Morgan fingerprint density at radius 2 is 2.40 bits per heavy atom. The quantitative estimate of drug-likeness (QED) is 0.880. The molecule has 112 valence electrons. The minimum atomic E-state index is -0.150. The van der Waals surface area contributed by atoms with E-state index in [1.807, 2.05) is 13.8 Å². The van der Waals surface area contributed by atoms with E-state index in [4.69, 9.17) is 10.5 Å². The molecule has 7 heteroatoms. The summed E-state index contributed by atoms with van der Waals surface area (Å²) in [6.45, 7) is 8.08. The molecule has 0 aromatic carbocycles. The van der Waals surface area contributed by atoms with Crippen molar-refractivity contribution in [3.8, 4) is 0 Å². The number of amides is 1. The van der Waals surface area contributed by atoms with Crippen molar-refractivity contribution in [3.63, 3.8) is 0 Å². The van der Waals surface area contributed by atoms with Gasteiger partial charge in [-0.25, -0.2) is 0 Å². The third kappa shape index (κ3) is 3.04. The average molecular weight is 298 g/mol. The van der Waals surface area contributed by atoms with Gasteiger partial charge in [0.25, 0.3) is 5.91 Å². The van der Waals surface area contributed by atoms with Gasteiger partial charge in [0.15, 0.2) is 5.82 Å².